The van der Waals surface area contributed by atoms with E-state index in [0.717, 1.165) is 11.3 Å². The number of ether oxygens (including phenoxy) is 1. The Hall–Kier alpha value is -3.59. The van der Waals surface area contributed by atoms with Crippen molar-refractivity contribution >= 4 is 29.1 Å². The quantitative estimate of drug-likeness (QED) is 0.495. The molecule has 0 atom stereocenters. The molecule has 0 unspecified atom stereocenters. The molecule has 3 rings (SSSR count). The predicted octanol–water partition coefficient (Wildman–Crippen LogP) is 2.88. The van der Waals surface area contributed by atoms with Crippen molar-refractivity contribution < 1.29 is 23.5 Å². The van der Waals surface area contributed by atoms with E-state index in [4.69, 9.17) is 4.74 Å². The Morgan fingerprint density at radius 3 is 2.41 bits per heavy atom. The number of hydrogen-bond acceptors (Lipinski definition) is 6. The number of nitrogens with one attached hydrogen (secondary N) is 2. The fraction of sp³-hybridized carbons (Fsp3) is 0.100. The third kappa shape index (κ3) is 5.23. The van der Waals surface area contributed by atoms with Gasteiger partial charge in [-0.3, -0.25) is 20.4 Å². The molecule has 1 aromatic heterocycles. The van der Waals surface area contributed by atoms with Crippen LogP contribution >= 0.6 is 11.3 Å². The largest absolute Gasteiger partial charge is 0.451 e. The predicted molar refractivity (Wildman–Crippen MR) is 105 cm³/mol. The molecule has 9 heteroatoms. The van der Waals surface area contributed by atoms with Gasteiger partial charge < -0.3 is 4.74 Å². The molecule has 2 aromatic carbocycles. The first-order valence-electron chi connectivity index (χ1n) is 8.49. The van der Waals surface area contributed by atoms with Crippen LogP contribution in [-0.4, -0.2) is 29.4 Å². The number of carbonyl (C=O) groups excluding carboxylic acids is 3. The number of hydrogen-bond donors (Lipinski definition) is 2. The first kappa shape index (κ1) is 20.2. The number of amides is 2. The van der Waals surface area contributed by atoms with Gasteiger partial charge in [-0.05, 0) is 43.3 Å². The maximum Gasteiger partial charge on any atom is 0.350 e. The number of benzene rings is 2. The zero-order valence-corrected chi connectivity index (χ0v) is 16.1. The zero-order valence-electron chi connectivity index (χ0n) is 15.3. The summed E-state index contributed by atoms with van der Waals surface area (Å²) in [5.74, 6) is -2.26. The van der Waals surface area contributed by atoms with Crippen molar-refractivity contribution in [1.82, 2.24) is 15.8 Å². The monoisotopic (exact) mass is 413 g/mol. The lowest BCUT2D eigenvalue weighted by Gasteiger charge is -2.07. The van der Waals surface area contributed by atoms with Gasteiger partial charge in [0.05, 0.1) is 5.69 Å². The van der Waals surface area contributed by atoms with Crippen molar-refractivity contribution in [3.05, 3.63) is 76.5 Å². The SMILES string of the molecule is Cc1nc(-c2ccc(F)cc2)sc1C(=O)OCC(=O)NNC(=O)c1ccccc1. The fourth-order valence-electron chi connectivity index (χ4n) is 2.32. The van der Waals surface area contributed by atoms with E-state index < -0.39 is 24.4 Å². The van der Waals surface area contributed by atoms with E-state index in [1.807, 2.05) is 0 Å². The van der Waals surface area contributed by atoms with E-state index in [1.54, 1.807) is 49.4 Å². The summed E-state index contributed by atoms with van der Waals surface area (Å²) < 4.78 is 18.0. The molecule has 7 nitrogen and oxygen atoms in total. The fourth-order valence-corrected chi connectivity index (χ4v) is 3.29. The molecule has 29 heavy (non-hydrogen) atoms. The molecule has 3 aromatic rings. The molecule has 0 aliphatic heterocycles. The first-order valence-corrected chi connectivity index (χ1v) is 9.30. The van der Waals surface area contributed by atoms with Gasteiger partial charge in [-0.1, -0.05) is 18.2 Å². The van der Waals surface area contributed by atoms with Crippen LogP contribution in [0.25, 0.3) is 10.6 Å². The number of esters is 1. The molecule has 0 fully saturated rings. The lowest BCUT2D eigenvalue weighted by Crippen LogP contribution is -2.43. The Labute approximate surface area is 169 Å². The summed E-state index contributed by atoms with van der Waals surface area (Å²) in [7, 11) is 0. The average molecular weight is 413 g/mol. The molecule has 0 aliphatic carbocycles. The van der Waals surface area contributed by atoms with Gasteiger partial charge in [0.15, 0.2) is 6.61 Å². The molecule has 0 aliphatic rings. The highest BCUT2D eigenvalue weighted by atomic mass is 32.1. The summed E-state index contributed by atoms with van der Waals surface area (Å²) >= 11 is 1.08. The van der Waals surface area contributed by atoms with Crippen LogP contribution in [0, 0.1) is 12.7 Å². The number of thiazole rings is 1. The van der Waals surface area contributed by atoms with E-state index in [0.29, 0.717) is 21.8 Å². The molecular formula is C20H16FN3O4S. The number of hydrazine groups is 1. The number of halogens is 1. The van der Waals surface area contributed by atoms with E-state index >= 15 is 0 Å². The standard InChI is InChI=1S/C20H16FN3O4S/c1-12-17(29-19(22-12)14-7-9-15(21)10-8-14)20(27)28-11-16(25)23-24-18(26)13-5-3-2-4-6-13/h2-10H,11H2,1H3,(H,23,25)(H,24,26). The van der Waals surface area contributed by atoms with E-state index in [2.05, 4.69) is 15.8 Å². The van der Waals surface area contributed by atoms with Gasteiger partial charge >= 0.3 is 5.97 Å². The topological polar surface area (TPSA) is 97.4 Å². The van der Waals surface area contributed by atoms with Crippen molar-refractivity contribution in [3.63, 3.8) is 0 Å². The summed E-state index contributed by atoms with van der Waals surface area (Å²) in [6, 6.07) is 14.1. The summed E-state index contributed by atoms with van der Waals surface area (Å²) in [5.41, 5.74) is 5.89. The van der Waals surface area contributed by atoms with Crippen LogP contribution in [0.5, 0.6) is 0 Å². The maximum absolute atomic E-state index is 13.0. The van der Waals surface area contributed by atoms with Crippen molar-refractivity contribution in [2.45, 2.75) is 6.92 Å². The molecule has 0 radical (unpaired) electrons. The van der Waals surface area contributed by atoms with Gasteiger partial charge in [-0.2, -0.15) is 0 Å². The second-order valence-corrected chi connectivity index (χ2v) is 6.88. The van der Waals surface area contributed by atoms with Crippen LogP contribution in [0.15, 0.2) is 54.6 Å². The molecule has 0 bridgehead atoms. The average Bonchev–Trinajstić information content (AvgIpc) is 3.13. The summed E-state index contributed by atoms with van der Waals surface area (Å²) in [6.45, 7) is 1.07. The number of carbonyl (C=O) groups is 3. The molecule has 0 saturated carbocycles. The first-order chi connectivity index (χ1) is 13.9. The number of rotatable bonds is 5. The van der Waals surface area contributed by atoms with Crippen molar-refractivity contribution in [3.8, 4) is 10.6 Å². The molecule has 0 saturated heterocycles. The Kier molecular flexibility index (Phi) is 6.30. The van der Waals surface area contributed by atoms with Crippen LogP contribution < -0.4 is 10.9 Å². The van der Waals surface area contributed by atoms with Crippen LogP contribution in [0.4, 0.5) is 4.39 Å². The minimum absolute atomic E-state index is 0.241. The van der Waals surface area contributed by atoms with Crippen LogP contribution in [0.2, 0.25) is 0 Å². The van der Waals surface area contributed by atoms with Crippen molar-refractivity contribution in [1.29, 1.82) is 0 Å². The highest BCUT2D eigenvalue weighted by Gasteiger charge is 2.19. The molecule has 2 N–H and O–H groups in total. The Morgan fingerprint density at radius 1 is 1.03 bits per heavy atom. The number of nitrogens with zero attached hydrogens (tertiary/aromatic N) is 1. The van der Waals surface area contributed by atoms with Crippen LogP contribution in [0.1, 0.15) is 25.7 Å². The summed E-state index contributed by atoms with van der Waals surface area (Å²) in [5, 5.41) is 0.536. The van der Waals surface area contributed by atoms with E-state index in [-0.39, 0.29) is 10.7 Å². The lowest BCUT2D eigenvalue weighted by atomic mass is 10.2. The normalized spacial score (nSPS) is 10.3. The van der Waals surface area contributed by atoms with Gasteiger partial charge in [-0.25, -0.2) is 14.2 Å². The third-order valence-electron chi connectivity index (χ3n) is 3.76. The third-order valence-corrected chi connectivity index (χ3v) is 4.95. The smallest absolute Gasteiger partial charge is 0.350 e. The Morgan fingerprint density at radius 2 is 1.72 bits per heavy atom. The second kappa shape index (κ2) is 9.07. The van der Waals surface area contributed by atoms with Gasteiger partial charge in [0.2, 0.25) is 0 Å². The summed E-state index contributed by atoms with van der Waals surface area (Å²) in [4.78, 5) is 40.4. The molecule has 148 valence electrons. The highest BCUT2D eigenvalue weighted by Crippen LogP contribution is 2.28. The molecule has 1 heterocycles. The zero-order chi connectivity index (χ0) is 20.8. The van der Waals surface area contributed by atoms with Gasteiger partial charge in [0.1, 0.15) is 15.7 Å². The number of aromatic nitrogens is 1. The molecular weight excluding hydrogens is 397 g/mol. The van der Waals surface area contributed by atoms with Crippen LogP contribution in [-0.2, 0) is 9.53 Å². The number of aryl methyl sites for hydroxylation is 1. The lowest BCUT2D eigenvalue weighted by molar-refractivity contribution is -0.125. The minimum atomic E-state index is -0.710. The molecule has 2 amide bonds. The van der Waals surface area contributed by atoms with Crippen LogP contribution in [0.3, 0.4) is 0 Å². The van der Waals surface area contributed by atoms with Gasteiger partial charge in [-0.15, -0.1) is 11.3 Å². The Balaban J connectivity index is 1.53. The maximum atomic E-state index is 13.0. The minimum Gasteiger partial charge on any atom is -0.451 e. The second-order valence-electron chi connectivity index (χ2n) is 5.88. The van der Waals surface area contributed by atoms with Crippen molar-refractivity contribution in [2.24, 2.45) is 0 Å². The van der Waals surface area contributed by atoms with E-state index in [1.165, 1.54) is 12.1 Å². The molecule has 0 spiro atoms. The Bertz CT molecular complexity index is 1040. The van der Waals surface area contributed by atoms with E-state index in [9.17, 15) is 18.8 Å². The highest BCUT2D eigenvalue weighted by molar-refractivity contribution is 7.17. The summed E-state index contributed by atoms with van der Waals surface area (Å²) in [6.07, 6.45) is 0. The van der Waals surface area contributed by atoms with Gasteiger partial charge in [0, 0.05) is 11.1 Å². The van der Waals surface area contributed by atoms with Crippen molar-refractivity contribution in [2.75, 3.05) is 6.61 Å². The van der Waals surface area contributed by atoms with Gasteiger partial charge in [0.25, 0.3) is 11.8 Å².